The number of halogens is 3. The van der Waals surface area contributed by atoms with Crippen LogP contribution in [0.25, 0.3) is 22.5 Å². The maximum Gasteiger partial charge on any atom is 0.178 e. The fourth-order valence-electron chi connectivity index (χ4n) is 2.09. The Morgan fingerprint density at radius 3 is 2.62 bits per heavy atom. The standard InChI is InChI=1S/C15H9BrCl2N2O/c16-9-4-1-3-8(7-9)12-14(21-20-15(12)19)10-5-2-6-11(17)13(10)18/h1-7H,(H2,19,20). The number of aromatic nitrogens is 1. The molecule has 0 fully saturated rings. The lowest BCUT2D eigenvalue weighted by Crippen LogP contribution is -1.89. The van der Waals surface area contributed by atoms with Crippen LogP contribution in [0.4, 0.5) is 5.82 Å². The van der Waals surface area contributed by atoms with Gasteiger partial charge in [-0.2, -0.15) is 0 Å². The third-order valence-electron chi connectivity index (χ3n) is 3.03. The van der Waals surface area contributed by atoms with Crippen molar-refractivity contribution in [3.63, 3.8) is 0 Å². The van der Waals surface area contributed by atoms with E-state index in [1.807, 2.05) is 30.3 Å². The van der Waals surface area contributed by atoms with Crippen molar-refractivity contribution in [3.8, 4) is 22.5 Å². The second-order valence-corrected chi connectivity index (χ2v) is 6.08. The van der Waals surface area contributed by atoms with Gasteiger partial charge in [-0.15, -0.1) is 0 Å². The van der Waals surface area contributed by atoms with Crippen LogP contribution in [-0.4, -0.2) is 5.16 Å². The van der Waals surface area contributed by atoms with Crippen molar-refractivity contribution in [1.29, 1.82) is 0 Å². The van der Waals surface area contributed by atoms with Crippen LogP contribution in [-0.2, 0) is 0 Å². The molecule has 3 rings (SSSR count). The second-order valence-electron chi connectivity index (χ2n) is 4.38. The molecule has 0 bridgehead atoms. The van der Waals surface area contributed by atoms with E-state index in [1.165, 1.54) is 0 Å². The molecule has 0 spiro atoms. The van der Waals surface area contributed by atoms with Crippen LogP contribution in [0.15, 0.2) is 51.5 Å². The Bertz CT molecular complexity index is 817. The summed E-state index contributed by atoms with van der Waals surface area (Å²) in [7, 11) is 0. The van der Waals surface area contributed by atoms with Crippen molar-refractivity contribution in [1.82, 2.24) is 5.16 Å². The first kappa shape index (κ1) is 14.4. The molecule has 0 saturated heterocycles. The van der Waals surface area contributed by atoms with Crippen molar-refractivity contribution in [2.75, 3.05) is 5.73 Å². The van der Waals surface area contributed by atoms with E-state index in [0.29, 0.717) is 32.8 Å². The van der Waals surface area contributed by atoms with E-state index in [2.05, 4.69) is 21.1 Å². The zero-order valence-corrected chi connectivity index (χ0v) is 13.7. The summed E-state index contributed by atoms with van der Waals surface area (Å²) in [6, 6.07) is 13.0. The smallest absolute Gasteiger partial charge is 0.178 e. The van der Waals surface area contributed by atoms with Gasteiger partial charge in [0, 0.05) is 10.0 Å². The van der Waals surface area contributed by atoms with Crippen molar-refractivity contribution in [2.45, 2.75) is 0 Å². The zero-order chi connectivity index (χ0) is 15.0. The molecule has 0 unspecified atom stereocenters. The normalized spacial score (nSPS) is 10.8. The van der Waals surface area contributed by atoms with Crippen LogP contribution < -0.4 is 5.73 Å². The summed E-state index contributed by atoms with van der Waals surface area (Å²) in [5.74, 6) is 0.803. The third kappa shape index (κ3) is 2.67. The summed E-state index contributed by atoms with van der Waals surface area (Å²) >= 11 is 15.8. The second kappa shape index (κ2) is 5.72. The topological polar surface area (TPSA) is 52.0 Å². The van der Waals surface area contributed by atoms with Crippen molar-refractivity contribution in [3.05, 3.63) is 57.0 Å². The maximum absolute atomic E-state index is 6.26. The summed E-state index contributed by atoms with van der Waals surface area (Å²) in [5, 5.41) is 4.71. The molecule has 6 heteroatoms. The molecule has 0 amide bonds. The van der Waals surface area contributed by atoms with Crippen LogP contribution in [0.2, 0.25) is 10.0 Å². The van der Waals surface area contributed by atoms with E-state index >= 15 is 0 Å². The number of nitrogens with zero attached hydrogens (tertiary/aromatic N) is 1. The number of nitrogens with two attached hydrogens (primary N) is 1. The van der Waals surface area contributed by atoms with Gasteiger partial charge >= 0.3 is 0 Å². The molecular weight excluding hydrogens is 375 g/mol. The highest BCUT2D eigenvalue weighted by atomic mass is 79.9. The highest BCUT2D eigenvalue weighted by Gasteiger charge is 2.20. The molecule has 3 aromatic rings. The van der Waals surface area contributed by atoms with E-state index in [9.17, 15) is 0 Å². The Morgan fingerprint density at radius 2 is 1.86 bits per heavy atom. The van der Waals surface area contributed by atoms with E-state index in [4.69, 9.17) is 33.5 Å². The summed E-state index contributed by atoms with van der Waals surface area (Å²) in [6.07, 6.45) is 0. The minimum Gasteiger partial charge on any atom is -0.380 e. The van der Waals surface area contributed by atoms with Crippen LogP contribution in [0.1, 0.15) is 0 Å². The molecule has 0 aliphatic heterocycles. The molecule has 0 saturated carbocycles. The lowest BCUT2D eigenvalue weighted by molar-refractivity contribution is 0.436. The number of benzene rings is 2. The first-order valence-corrected chi connectivity index (χ1v) is 7.58. The number of anilines is 1. The Kier molecular flexibility index (Phi) is 3.93. The first-order chi connectivity index (χ1) is 10.1. The molecule has 2 N–H and O–H groups in total. The minimum atomic E-state index is 0.305. The van der Waals surface area contributed by atoms with Gasteiger partial charge in [0.15, 0.2) is 11.6 Å². The van der Waals surface area contributed by atoms with Gasteiger partial charge in [0.05, 0.1) is 15.6 Å². The van der Waals surface area contributed by atoms with E-state index in [-0.39, 0.29) is 0 Å². The SMILES string of the molecule is Nc1noc(-c2cccc(Cl)c2Cl)c1-c1cccc(Br)c1. The number of nitrogen functional groups attached to an aromatic ring is 1. The predicted octanol–water partition coefficient (Wildman–Crippen LogP) is 5.66. The molecule has 3 nitrogen and oxygen atoms in total. The van der Waals surface area contributed by atoms with Crippen molar-refractivity contribution >= 4 is 44.9 Å². The van der Waals surface area contributed by atoms with Gasteiger partial charge in [0.1, 0.15) is 0 Å². The Morgan fingerprint density at radius 1 is 1.10 bits per heavy atom. The molecule has 0 atom stereocenters. The lowest BCUT2D eigenvalue weighted by atomic mass is 10.0. The minimum absolute atomic E-state index is 0.305. The van der Waals surface area contributed by atoms with Crippen LogP contribution >= 0.6 is 39.1 Å². The monoisotopic (exact) mass is 382 g/mol. The summed E-state index contributed by atoms with van der Waals surface area (Å²) in [6.45, 7) is 0. The lowest BCUT2D eigenvalue weighted by Gasteiger charge is -2.06. The average Bonchev–Trinajstić information content (AvgIpc) is 2.83. The highest BCUT2D eigenvalue weighted by Crippen LogP contribution is 2.41. The van der Waals surface area contributed by atoms with Gasteiger partial charge < -0.3 is 10.3 Å². The molecule has 1 heterocycles. The number of rotatable bonds is 2. The number of hydrogen-bond donors (Lipinski definition) is 1. The fourth-order valence-corrected chi connectivity index (χ4v) is 2.87. The molecule has 2 aromatic carbocycles. The first-order valence-electron chi connectivity index (χ1n) is 6.03. The van der Waals surface area contributed by atoms with Gasteiger partial charge in [-0.25, -0.2) is 0 Å². The van der Waals surface area contributed by atoms with E-state index in [0.717, 1.165) is 10.0 Å². The quantitative estimate of drug-likeness (QED) is 0.621. The summed E-state index contributed by atoms with van der Waals surface area (Å²) in [4.78, 5) is 0. The highest BCUT2D eigenvalue weighted by molar-refractivity contribution is 9.10. The molecule has 0 radical (unpaired) electrons. The molecule has 21 heavy (non-hydrogen) atoms. The van der Waals surface area contributed by atoms with E-state index < -0.39 is 0 Å². The molecule has 1 aromatic heterocycles. The summed E-state index contributed by atoms with van der Waals surface area (Å²) in [5.41, 5.74) is 8.19. The van der Waals surface area contributed by atoms with Gasteiger partial charge in [-0.1, -0.05) is 62.5 Å². The van der Waals surface area contributed by atoms with Gasteiger partial charge in [0.25, 0.3) is 0 Å². The van der Waals surface area contributed by atoms with E-state index in [1.54, 1.807) is 12.1 Å². The average molecular weight is 384 g/mol. The van der Waals surface area contributed by atoms with Gasteiger partial charge in [-0.3, -0.25) is 0 Å². The molecule has 0 aliphatic rings. The zero-order valence-electron chi connectivity index (χ0n) is 10.6. The van der Waals surface area contributed by atoms with Gasteiger partial charge in [-0.05, 0) is 29.8 Å². The predicted molar refractivity (Wildman–Crippen MR) is 89.5 cm³/mol. The molecule has 106 valence electrons. The summed E-state index contributed by atoms with van der Waals surface area (Å²) < 4.78 is 6.31. The molecular formula is C15H9BrCl2N2O. The fraction of sp³-hybridized carbons (Fsp3) is 0. The largest absolute Gasteiger partial charge is 0.380 e. The third-order valence-corrected chi connectivity index (χ3v) is 4.34. The van der Waals surface area contributed by atoms with Crippen molar-refractivity contribution in [2.24, 2.45) is 0 Å². The van der Waals surface area contributed by atoms with Crippen molar-refractivity contribution < 1.29 is 4.52 Å². The Labute approximate surface area is 139 Å². The van der Waals surface area contributed by atoms with Gasteiger partial charge in [0.2, 0.25) is 0 Å². The Hall–Kier alpha value is -1.49. The Balaban J connectivity index is 2.24. The maximum atomic E-state index is 6.26. The van der Waals surface area contributed by atoms with Crippen LogP contribution in [0.5, 0.6) is 0 Å². The number of hydrogen-bond acceptors (Lipinski definition) is 3. The van der Waals surface area contributed by atoms with Crippen LogP contribution in [0, 0.1) is 0 Å². The molecule has 0 aliphatic carbocycles. The van der Waals surface area contributed by atoms with Crippen LogP contribution in [0.3, 0.4) is 0 Å².